The lowest BCUT2D eigenvalue weighted by atomic mass is 9.95. The van der Waals surface area contributed by atoms with Crippen LogP contribution >= 0.6 is 11.8 Å². The zero-order chi connectivity index (χ0) is 23.8. The second-order valence-electron chi connectivity index (χ2n) is 8.49. The van der Waals surface area contributed by atoms with Crippen molar-refractivity contribution < 1.29 is 14.3 Å². The van der Waals surface area contributed by atoms with E-state index in [1.807, 2.05) is 48.1 Å². The molecule has 34 heavy (non-hydrogen) atoms. The number of nitrogens with zero attached hydrogens (tertiary/aromatic N) is 4. The van der Waals surface area contributed by atoms with E-state index in [9.17, 15) is 9.59 Å². The number of aryl methyl sites for hydroxylation is 2. The number of para-hydroxylation sites is 1. The summed E-state index contributed by atoms with van der Waals surface area (Å²) in [6.45, 7) is 3.52. The van der Waals surface area contributed by atoms with Gasteiger partial charge in [-0.1, -0.05) is 30.0 Å². The van der Waals surface area contributed by atoms with Crippen molar-refractivity contribution in [2.75, 3.05) is 6.26 Å². The van der Waals surface area contributed by atoms with E-state index in [0.717, 1.165) is 58.9 Å². The summed E-state index contributed by atoms with van der Waals surface area (Å²) in [5, 5.41) is 10.2. The SMILES string of the molecule is CSc1nnc(C)n1-c1ccc(C(=O)OC(C)C(=O)n2c3c(c4ccccc42)CCCC3)cc1. The summed E-state index contributed by atoms with van der Waals surface area (Å²) >= 11 is 1.50. The maximum Gasteiger partial charge on any atom is 0.338 e. The van der Waals surface area contributed by atoms with Crippen LogP contribution in [0.3, 0.4) is 0 Å². The zero-order valence-corrected chi connectivity index (χ0v) is 20.3. The van der Waals surface area contributed by atoms with Gasteiger partial charge in [-0.15, -0.1) is 10.2 Å². The molecule has 2 aromatic heterocycles. The van der Waals surface area contributed by atoms with E-state index in [-0.39, 0.29) is 5.91 Å². The predicted molar refractivity (Wildman–Crippen MR) is 132 cm³/mol. The summed E-state index contributed by atoms with van der Waals surface area (Å²) in [4.78, 5) is 26.3. The third-order valence-corrected chi connectivity index (χ3v) is 7.00. The molecule has 0 bridgehead atoms. The topological polar surface area (TPSA) is 79.0 Å². The molecule has 0 saturated heterocycles. The normalized spacial score (nSPS) is 14.1. The van der Waals surface area contributed by atoms with Crippen LogP contribution in [-0.2, 0) is 17.6 Å². The Balaban J connectivity index is 1.37. The molecule has 0 N–H and O–H groups in total. The first kappa shape index (κ1) is 22.4. The third kappa shape index (κ3) is 3.81. The molecule has 0 radical (unpaired) electrons. The Morgan fingerprint density at radius 3 is 2.53 bits per heavy atom. The largest absolute Gasteiger partial charge is 0.449 e. The Hall–Kier alpha value is -3.39. The molecule has 8 heteroatoms. The maximum atomic E-state index is 13.4. The fourth-order valence-corrected chi connectivity index (χ4v) is 5.27. The van der Waals surface area contributed by atoms with E-state index in [2.05, 4.69) is 16.3 Å². The van der Waals surface area contributed by atoms with Crippen LogP contribution in [0.15, 0.2) is 53.7 Å². The van der Waals surface area contributed by atoms with Crippen molar-refractivity contribution in [1.29, 1.82) is 0 Å². The third-order valence-electron chi connectivity index (χ3n) is 6.37. The maximum absolute atomic E-state index is 13.4. The number of carbonyl (C=O) groups excluding carboxylic acids is 2. The number of rotatable bonds is 5. The van der Waals surface area contributed by atoms with Crippen LogP contribution in [0.25, 0.3) is 16.6 Å². The van der Waals surface area contributed by atoms with E-state index in [1.54, 1.807) is 23.6 Å². The van der Waals surface area contributed by atoms with Crippen molar-refractivity contribution in [3.63, 3.8) is 0 Å². The van der Waals surface area contributed by atoms with Gasteiger partial charge >= 0.3 is 5.97 Å². The van der Waals surface area contributed by atoms with Gasteiger partial charge in [0.25, 0.3) is 5.91 Å². The Kier molecular flexibility index (Phi) is 6.00. The van der Waals surface area contributed by atoms with Crippen LogP contribution in [0.4, 0.5) is 0 Å². The number of esters is 1. The number of aromatic nitrogens is 4. The lowest BCUT2D eigenvalue weighted by Gasteiger charge is -2.18. The molecule has 5 rings (SSSR count). The highest BCUT2D eigenvalue weighted by atomic mass is 32.2. The average molecular weight is 475 g/mol. The standard InChI is InChI=1S/C26H26N4O3S/c1-16(24(31)30-22-10-6-4-8-20(22)21-9-5-7-11-23(21)30)33-25(32)18-12-14-19(15-13-18)29-17(2)27-28-26(29)34-3/h4,6,8,10,12-16H,5,7,9,11H2,1-3H3. The molecule has 0 aliphatic heterocycles. The zero-order valence-electron chi connectivity index (χ0n) is 19.4. The van der Waals surface area contributed by atoms with Crippen LogP contribution in [0, 0.1) is 6.92 Å². The van der Waals surface area contributed by atoms with E-state index in [0.29, 0.717) is 5.56 Å². The number of hydrogen-bond donors (Lipinski definition) is 0. The van der Waals surface area contributed by atoms with Crippen molar-refractivity contribution in [2.45, 2.75) is 50.8 Å². The molecule has 2 heterocycles. The van der Waals surface area contributed by atoms with Crippen molar-refractivity contribution >= 4 is 34.5 Å². The summed E-state index contributed by atoms with van der Waals surface area (Å²) in [7, 11) is 0. The van der Waals surface area contributed by atoms with Gasteiger partial charge in [-0.3, -0.25) is 13.9 Å². The minimum absolute atomic E-state index is 0.214. The Morgan fingerprint density at radius 2 is 1.76 bits per heavy atom. The van der Waals surface area contributed by atoms with E-state index in [1.165, 1.54) is 17.3 Å². The highest BCUT2D eigenvalue weighted by molar-refractivity contribution is 7.98. The molecule has 0 fully saturated rings. The van der Waals surface area contributed by atoms with Gasteiger partial charge in [0.2, 0.25) is 0 Å². The van der Waals surface area contributed by atoms with Gasteiger partial charge in [0.15, 0.2) is 11.3 Å². The van der Waals surface area contributed by atoms with Gasteiger partial charge in [0, 0.05) is 16.8 Å². The molecule has 1 aliphatic carbocycles. The van der Waals surface area contributed by atoms with Gasteiger partial charge in [0.05, 0.1) is 11.1 Å². The molecule has 2 aromatic carbocycles. The van der Waals surface area contributed by atoms with Gasteiger partial charge in [-0.2, -0.15) is 0 Å². The lowest BCUT2D eigenvalue weighted by molar-refractivity contribution is 0.0285. The highest BCUT2D eigenvalue weighted by Crippen LogP contribution is 2.32. The highest BCUT2D eigenvalue weighted by Gasteiger charge is 2.28. The fourth-order valence-electron chi connectivity index (χ4n) is 4.73. The van der Waals surface area contributed by atoms with Crippen LogP contribution in [0.5, 0.6) is 0 Å². The summed E-state index contributed by atoms with van der Waals surface area (Å²) in [5.74, 6) is 0.0264. The summed E-state index contributed by atoms with van der Waals surface area (Å²) in [6.07, 6.45) is 5.05. The molecule has 4 aromatic rings. The first-order valence-electron chi connectivity index (χ1n) is 11.4. The second-order valence-corrected chi connectivity index (χ2v) is 9.26. The van der Waals surface area contributed by atoms with E-state index < -0.39 is 12.1 Å². The number of fused-ring (bicyclic) bond motifs is 3. The van der Waals surface area contributed by atoms with Gasteiger partial charge in [0.1, 0.15) is 5.82 Å². The Labute approximate surface area is 202 Å². The summed E-state index contributed by atoms with van der Waals surface area (Å²) in [6, 6.07) is 15.0. The monoisotopic (exact) mass is 474 g/mol. The lowest BCUT2D eigenvalue weighted by Crippen LogP contribution is -2.30. The van der Waals surface area contributed by atoms with Crippen LogP contribution in [-0.4, -0.2) is 43.6 Å². The molecule has 0 spiro atoms. The van der Waals surface area contributed by atoms with Gasteiger partial charge in [-0.25, -0.2) is 4.79 Å². The van der Waals surface area contributed by atoms with Crippen LogP contribution < -0.4 is 0 Å². The number of carbonyl (C=O) groups is 2. The van der Waals surface area contributed by atoms with Crippen molar-refractivity contribution in [2.24, 2.45) is 0 Å². The van der Waals surface area contributed by atoms with E-state index in [4.69, 9.17) is 4.74 Å². The quantitative estimate of drug-likeness (QED) is 0.299. The molecule has 7 nitrogen and oxygen atoms in total. The molecule has 1 atom stereocenters. The Morgan fingerprint density at radius 1 is 1.03 bits per heavy atom. The van der Waals surface area contributed by atoms with Crippen LogP contribution in [0.2, 0.25) is 0 Å². The van der Waals surface area contributed by atoms with Crippen molar-refractivity contribution in [1.82, 2.24) is 19.3 Å². The number of ether oxygens (including phenoxy) is 1. The predicted octanol–water partition coefficient (Wildman–Crippen LogP) is 5.02. The van der Waals surface area contributed by atoms with E-state index >= 15 is 0 Å². The van der Waals surface area contributed by atoms with Gasteiger partial charge in [-0.05, 0) is 81.7 Å². The van der Waals surface area contributed by atoms with Crippen molar-refractivity contribution in [3.8, 4) is 5.69 Å². The number of benzene rings is 2. The number of hydrogen-bond acceptors (Lipinski definition) is 6. The molecular weight excluding hydrogens is 448 g/mol. The van der Waals surface area contributed by atoms with Crippen LogP contribution in [0.1, 0.15) is 52.0 Å². The molecule has 1 unspecified atom stereocenters. The van der Waals surface area contributed by atoms with Gasteiger partial charge < -0.3 is 4.74 Å². The molecule has 1 aliphatic rings. The average Bonchev–Trinajstić information content (AvgIpc) is 3.41. The summed E-state index contributed by atoms with van der Waals surface area (Å²) < 4.78 is 9.31. The fraction of sp³-hybridized carbons (Fsp3) is 0.308. The van der Waals surface area contributed by atoms with Crippen molar-refractivity contribution in [3.05, 3.63) is 71.2 Å². The minimum atomic E-state index is -0.905. The molecule has 0 amide bonds. The number of thioether (sulfide) groups is 1. The molecule has 0 saturated carbocycles. The first-order chi connectivity index (χ1) is 16.5. The smallest absolute Gasteiger partial charge is 0.338 e. The molecule has 174 valence electrons. The minimum Gasteiger partial charge on any atom is -0.449 e. The molecular formula is C26H26N4O3S. The Bertz CT molecular complexity index is 1390. The first-order valence-corrected chi connectivity index (χ1v) is 12.6. The second kappa shape index (κ2) is 9.10. The summed E-state index contributed by atoms with van der Waals surface area (Å²) in [5.41, 5.74) is 4.44.